The molecule has 0 aliphatic rings. The SMILES string of the molecule is CC(=O)Nc1cc(NC(C)=O)cc(C(=O)NCC(=O)Nc2ccccc2)c1. The van der Waals surface area contributed by atoms with Gasteiger partial charge in [0.2, 0.25) is 17.7 Å². The Morgan fingerprint density at radius 3 is 1.81 bits per heavy atom. The monoisotopic (exact) mass is 368 g/mol. The van der Waals surface area contributed by atoms with Gasteiger partial charge in [0.15, 0.2) is 0 Å². The topological polar surface area (TPSA) is 116 Å². The summed E-state index contributed by atoms with van der Waals surface area (Å²) in [6, 6.07) is 13.3. The highest BCUT2D eigenvalue weighted by atomic mass is 16.2. The van der Waals surface area contributed by atoms with Crippen molar-refractivity contribution >= 4 is 40.7 Å². The first-order valence-corrected chi connectivity index (χ1v) is 8.17. The van der Waals surface area contributed by atoms with E-state index in [1.165, 1.54) is 32.0 Å². The van der Waals surface area contributed by atoms with E-state index >= 15 is 0 Å². The van der Waals surface area contributed by atoms with Gasteiger partial charge >= 0.3 is 0 Å². The highest BCUT2D eigenvalue weighted by Gasteiger charge is 2.12. The van der Waals surface area contributed by atoms with Crippen molar-refractivity contribution in [2.45, 2.75) is 13.8 Å². The molecule has 4 N–H and O–H groups in total. The van der Waals surface area contributed by atoms with Crippen LogP contribution in [0.4, 0.5) is 17.1 Å². The lowest BCUT2D eigenvalue weighted by molar-refractivity contribution is -0.115. The number of para-hydroxylation sites is 1. The van der Waals surface area contributed by atoms with Gasteiger partial charge in [-0.2, -0.15) is 0 Å². The van der Waals surface area contributed by atoms with Crippen molar-refractivity contribution in [2.75, 3.05) is 22.5 Å². The van der Waals surface area contributed by atoms with Crippen molar-refractivity contribution in [1.29, 1.82) is 0 Å². The van der Waals surface area contributed by atoms with E-state index in [0.29, 0.717) is 17.1 Å². The number of hydrogen-bond donors (Lipinski definition) is 4. The predicted molar refractivity (Wildman–Crippen MR) is 102 cm³/mol. The van der Waals surface area contributed by atoms with E-state index in [-0.39, 0.29) is 29.8 Å². The molecule has 140 valence electrons. The first-order chi connectivity index (χ1) is 12.8. The van der Waals surface area contributed by atoms with E-state index in [9.17, 15) is 19.2 Å². The van der Waals surface area contributed by atoms with Gasteiger partial charge in [-0.15, -0.1) is 0 Å². The van der Waals surface area contributed by atoms with Gasteiger partial charge in [0.25, 0.3) is 5.91 Å². The van der Waals surface area contributed by atoms with Gasteiger partial charge in [-0.05, 0) is 30.3 Å². The molecule has 8 heteroatoms. The Hall–Kier alpha value is -3.68. The van der Waals surface area contributed by atoms with Gasteiger partial charge in [0, 0.05) is 36.5 Å². The second-order valence-corrected chi connectivity index (χ2v) is 5.76. The second kappa shape index (κ2) is 9.14. The summed E-state index contributed by atoms with van der Waals surface area (Å²) in [6.07, 6.45) is 0. The van der Waals surface area contributed by atoms with Crippen LogP contribution in [0.1, 0.15) is 24.2 Å². The van der Waals surface area contributed by atoms with Crippen molar-refractivity contribution in [3.8, 4) is 0 Å². The van der Waals surface area contributed by atoms with Gasteiger partial charge in [-0.1, -0.05) is 18.2 Å². The minimum atomic E-state index is -0.517. The van der Waals surface area contributed by atoms with Crippen molar-refractivity contribution in [2.24, 2.45) is 0 Å². The molecule has 0 aliphatic carbocycles. The minimum absolute atomic E-state index is 0.192. The number of anilines is 3. The average Bonchev–Trinajstić information content (AvgIpc) is 2.59. The molecule has 0 radical (unpaired) electrons. The largest absolute Gasteiger partial charge is 0.343 e. The standard InChI is InChI=1S/C19H20N4O4/c1-12(24)21-16-8-14(9-17(10-16)22-13(2)25)19(27)20-11-18(26)23-15-6-4-3-5-7-15/h3-10H,11H2,1-2H3,(H,20,27)(H,21,24)(H,22,25)(H,23,26). The minimum Gasteiger partial charge on any atom is -0.343 e. The first kappa shape index (κ1) is 19.6. The van der Waals surface area contributed by atoms with E-state index in [2.05, 4.69) is 21.3 Å². The van der Waals surface area contributed by atoms with E-state index in [1.807, 2.05) is 6.07 Å². The molecule has 0 fully saturated rings. The number of amides is 4. The summed E-state index contributed by atoms with van der Waals surface area (Å²) in [5, 5.41) is 10.3. The van der Waals surface area contributed by atoms with Crippen molar-refractivity contribution in [3.63, 3.8) is 0 Å². The number of nitrogens with one attached hydrogen (secondary N) is 4. The summed E-state index contributed by atoms with van der Waals surface area (Å²) in [5.74, 6) is -1.53. The molecule has 2 aromatic carbocycles. The van der Waals surface area contributed by atoms with Crippen LogP contribution < -0.4 is 21.3 Å². The molecule has 0 unspecified atom stereocenters. The Balaban J connectivity index is 2.06. The summed E-state index contributed by atoms with van der Waals surface area (Å²) in [4.78, 5) is 46.8. The summed E-state index contributed by atoms with van der Waals surface area (Å²) in [6.45, 7) is 2.44. The Labute approximate surface area is 156 Å². The van der Waals surface area contributed by atoms with Gasteiger partial charge in [-0.25, -0.2) is 0 Å². The van der Waals surface area contributed by atoms with E-state index in [1.54, 1.807) is 24.3 Å². The Kier molecular flexibility index (Phi) is 6.65. The van der Waals surface area contributed by atoms with Gasteiger partial charge < -0.3 is 21.3 Å². The number of hydrogen-bond acceptors (Lipinski definition) is 4. The van der Waals surface area contributed by atoms with E-state index < -0.39 is 5.91 Å². The Morgan fingerprint density at radius 1 is 0.741 bits per heavy atom. The lowest BCUT2D eigenvalue weighted by atomic mass is 10.1. The van der Waals surface area contributed by atoms with Crippen LogP contribution in [-0.2, 0) is 14.4 Å². The first-order valence-electron chi connectivity index (χ1n) is 8.17. The lowest BCUT2D eigenvalue weighted by Gasteiger charge is -2.11. The molecule has 0 aromatic heterocycles. The molecule has 0 bridgehead atoms. The van der Waals surface area contributed by atoms with Crippen LogP contribution in [0.3, 0.4) is 0 Å². The molecule has 0 spiro atoms. The van der Waals surface area contributed by atoms with Crippen LogP contribution in [0.5, 0.6) is 0 Å². The molecule has 4 amide bonds. The third-order valence-electron chi connectivity index (χ3n) is 3.30. The fraction of sp³-hybridized carbons (Fsp3) is 0.158. The van der Waals surface area contributed by atoms with Crippen LogP contribution in [0.2, 0.25) is 0 Å². The van der Waals surface area contributed by atoms with Crippen molar-refractivity contribution < 1.29 is 19.2 Å². The van der Waals surface area contributed by atoms with Gasteiger partial charge in [0.1, 0.15) is 0 Å². The van der Waals surface area contributed by atoms with Crippen LogP contribution in [0.15, 0.2) is 48.5 Å². The van der Waals surface area contributed by atoms with Crippen LogP contribution in [-0.4, -0.2) is 30.2 Å². The lowest BCUT2D eigenvalue weighted by Crippen LogP contribution is -2.33. The predicted octanol–water partition coefficient (Wildman–Crippen LogP) is 1.97. The summed E-state index contributed by atoms with van der Waals surface area (Å²) < 4.78 is 0. The Bertz CT molecular complexity index is 831. The molecule has 8 nitrogen and oxygen atoms in total. The zero-order valence-electron chi connectivity index (χ0n) is 15.0. The number of carbonyl (C=O) groups is 4. The fourth-order valence-electron chi connectivity index (χ4n) is 2.30. The number of rotatable bonds is 6. The molecule has 2 rings (SSSR count). The maximum Gasteiger partial charge on any atom is 0.251 e. The fourth-order valence-corrected chi connectivity index (χ4v) is 2.30. The zero-order chi connectivity index (χ0) is 19.8. The molecular weight excluding hydrogens is 348 g/mol. The molecule has 0 heterocycles. The van der Waals surface area contributed by atoms with Crippen molar-refractivity contribution in [1.82, 2.24) is 5.32 Å². The molecule has 0 atom stereocenters. The summed E-state index contributed by atoms with van der Waals surface area (Å²) >= 11 is 0. The van der Waals surface area contributed by atoms with E-state index in [4.69, 9.17) is 0 Å². The normalized spacial score (nSPS) is 9.85. The highest BCUT2D eigenvalue weighted by Crippen LogP contribution is 2.19. The van der Waals surface area contributed by atoms with Crippen LogP contribution in [0, 0.1) is 0 Å². The van der Waals surface area contributed by atoms with Crippen molar-refractivity contribution in [3.05, 3.63) is 54.1 Å². The van der Waals surface area contributed by atoms with Crippen LogP contribution >= 0.6 is 0 Å². The summed E-state index contributed by atoms with van der Waals surface area (Å²) in [5.41, 5.74) is 1.52. The highest BCUT2D eigenvalue weighted by molar-refractivity contribution is 6.02. The molecule has 27 heavy (non-hydrogen) atoms. The maximum absolute atomic E-state index is 12.4. The molecule has 0 saturated carbocycles. The number of benzene rings is 2. The summed E-state index contributed by atoms with van der Waals surface area (Å²) in [7, 11) is 0. The van der Waals surface area contributed by atoms with Gasteiger partial charge in [0.05, 0.1) is 6.54 Å². The smallest absolute Gasteiger partial charge is 0.251 e. The third-order valence-corrected chi connectivity index (χ3v) is 3.30. The van der Waals surface area contributed by atoms with Gasteiger partial charge in [-0.3, -0.25) is 19.2 Å². The maximum atomic E-state index is 12.4. The molecule has 2 aromatic rings. The second-order valence-electron chi connectivity index (χ2n) is 5.76. The number of carbonyl (C=O) groups excluding carboxylic acids is 4. The Morgan fingerprint density at radius 2 is 1.30 bits per heavy atom. The van der Waals surface area contributed by atoms with Crippen LogP contribution in [0.25, 0.3) is 0 Å². The molecule has 0 aliphatic heterocycles. The average molecular weight is 368 g/mol. The molecular formula is C19H20N4O4. The van der Waals surface area contributed by atoms with E-state index in [0.717, 1.165) is 0 Å². The zero-order valence-corrected chi connectivity index (χ0v) is 15.0. The third kappa shape index (κ3) is 6.62. The quantitative estimate of drug-likeness (QED) is 0.624. The molecule has 0 saturated heterocycles.